The van der Waals surface area contributed by atoms with Crippen molar-refractivity contribution in [2.45, 2.75) is 45.4 Å². The standard InChI is InChI=1S/C28H28N2O3/c1-2-19-7-3-4-9-25(19)32-17-24-23-15-21(20-8-5-6-18(14-20)16-29)10-13-26(23)33-27(24)28(31)30-22-11-12-22/h3-10,13-15,22H,2,11-12,16-17,29H2,1H3,(H,30,31). The molecule has 5 nitrogen and oxygen atoms in total. The highest BCUT2D eigenvalue weighted by atomic mass is 16.5. The number of benzene rings is 3. The third kappa shape index (κ3) is 4.50. The van der Waals surface area contributed by atoms with Gasteiger partial charge in [0.2, 0.25) is 0 Å². The van der Waals surface area contributed by atoms with E-state index in [2.05, 4.69) is 36.5 Å². The van der Waals surface area contributed by atoms with Crippen LogP contribution in [0, 0.1) is 0 Å². The van der Waals surface area contributed by atoms with Crippen LogP contribution in [0.2, 0.25) is 0 Å². The average Bonchev–Trinajstić information content (AvgIpc) is 3.60. The summed E-state index contributed by atoms with van der Waals surface area (Å²) in [6.45, 7) is 2.85. The minimum Gasteiger partial charge on any atom is -0.488 e. The molecule has 5 heteroatoms. The molecule has 1 amide bonds. The lowest BCUT2D eigenvalue weighted by Crippen LogP contribution is -2.26. The highest BCUT2D eigenvalue weighted by molar-refractivity contribution is 6.00. The number of furan rings is 1. The van der Waals surface area contributed by atoms with Crippen molar-refractivity contribution in [2.75, 3.05) is 0 Å². The predicted octanol–water partition coefficient (Wildman–Crippen LogP) is 5.59. The summed E-state index contributed by atoms with van der Waals surface area (Å²) in [6, 6.07) is 22.5. The number of rotatable bonds is 8. The first-order valence-electron chi connectivity index (χ1n) is 11.5. The second-order valence-corrected chi connectivity index (χ2v) is 8.52. The van der Waals surface area contributed by atoms with Gasteiger partial charge in [-0.15, -0.1) is 0 Å². The summed E-state index contributed by atoms with van der Waals surface area (Å²) >= 11 is 0. The number of hydrogen-bond donors (Lipinski definition) is 2. The van der Waals surface area contributed by atoms with Crippen molar-refractivity contribution < 1.29 is 13.9 Å². The number of carbonyl (C=O) groups excluding carboxylic acids is 1. The normalized spacial score (nSPS) is 13.3. The maximum absolute atomic E-state index is 13.0. The van der Waals surface area contributed by atoms with Gasteiger partial charge in [-0.3, -0.25) is 4.79 Å². The van der Waals surface area contributed by atoms with Crippen LogP contribution in [-0.4, -0.2) is 11.9 Å². The fraction of sp³-hybridized carbons (Fsp3) is 0.250. The number of carbonyl (C=O) groups is 1. The van der Waals surface area contributed by atoms with E-state index in [9.17, 15) is 4.79 Å². The summed E-state index contributed by atoms with van der Waals surface area (Å²) < 4.78 is 12.3. The third-order valence-electron chi connectivity index (χ3n) is 6.13. The summed E-state index contributed by atoms with van der Waals surface area (Å²) in [5, 5.41) is 3.94. The zero-order valence-electron chi connectivity index (χ0n) is 18.8. The molecule has 33 heavy (non-hydrogen) atoms. The monoisotopic (exact) mass is 440 g/mol. The molecule has 0 atom stereocenters. The number of amides is 1. The molecule has 168 valence electrons. The second-order valence-electron chi connectivity index (χ2n) is 8.52. The molecule has 1 aliphatic carbocycles. The van der Waals surface area contributed by atoms with Crippen LogP contribution >= 0.6 is 0 Å². The molecule has 1 aromatic heterocycles. The lowest BCUT2D eigenvalue weighted by molar-refractivity contribution is 0.0922. The second kappa shape index (κ2) is 9.12. The van der Waals surface area contributed by atoms with Gasteiger partial charge in [-0.2, -0.15) is 0 Å². The Hall–Kier alpha value is -3.57. The Bertz CT molecular complexity index is 1300. The van der Waals surface area contributed by atoms with Crippen LogP contribution in [0.5, 0.6) is 5.75 Å². The third-order valence-corrected chi connectivity index (χ3v) is 6.13. The molecule has 0 unspecified atom stereocenters. The summed E-state index contributed by atoms with van der Waals surface area (Å²) in [7, 11) is 0. The molecular weight excluding hydrogens is 412 g/mol. The Labute approximate surface area is 193 Å². The Kier molecular flexibility index (Phi) is 5.88. The van der Waals surface area contributed by atoms with E-state index in [1.165, 1.54) is 0 Å². The highest BCUT2D eigenvalue weighted by Gasteiger charge is 2.28. The van der Waals surface area contributed by atoms with Gasteiger partial charge in [0.25, 0.3) is 5.91 Å². The summed E-state index contributed by atoms with van der Waals surface area (Å²) in [5.41, 5.74) is 11.6. The van der Waals surface area contributed by atoms with Gasteiger partial charge in [0.1, 0.15) is 17.9 Å². The molecule has 0 bridgehead atoms. The SMILES string of the molecule is CCc1ccccc1OCc1c(C(=O)NC2CC2)oc2ccc(-c3cccc(CN)c3)cc12. The maximum atomic E-state index is 13.0. The summed E-state index contributed by atoms with van der Waals surface area (Å²) in [5.74, 6) is 0.983. The number of para-hydroxylation sites is 1. The zero-order chi connectivity index (χ0) is 22.8. The lowest BCUT2D eigenvalue weighted by Gasteiger charge is -2.11. The number of hydrogen-bond acceptors (Lipinski definition) is 4. The van der Waals surface area contributed by atoms with Gasteiger partial charge in [-0.25, -0.2) is 0 Å². The first-order chi connectivity index (χ1) is 16.2. The summed E-state index contributed by atoms with van der Waals surface area (Å²) in [6.07, 6.45) is 2.91. The van der Waals surface area contributed by atoms with Gasteiger partial charge in [-0.05, 0) is 65.8 Å². The average molecular weight is 441 g/mol. The highest BCUT2D eigenvalue weighted by Crippen LogP contribution is 2.33. The molecule has 5 rings (SSSR count). The van der Waals surface area contributed by atoms with Gasteiger partial charge < -0.3 is 20.2 Å². The first kappa shape index (κ1) is 21.3. The molecule has 0 spiro atoms. The van der Waals surface area contributed by atoms with Crippen LogP contribution in [0.25, 0.3) is 22.1 Å². The van der Waals surface area contributed by atoms with Crippen molar-refractivity contribution in [3.63, 3.8) is 0 Å². The molecule has 0 radical (unpaired) electrons. The van der Waals surface area contributed by atoms with Crippen LogP contribution in [-0.2, 0) is 19.6 Å². The van der Waals surface area contributed by atoms with Crippen molar-refractivity contribution in [2.24, 2.45) is 5.73 Å². The molecule has 1 saturated carbocycles. The maximum Gasteiger partial charge on any atom is 0.287 e. The van der Waals surface area contributed by atoms with Gasteiger partial charge in [0, 0.05) is 23.5 Å². The Morgan fingerprint density at radius 3 is 2.67 bits per heavy atom. The van der Waals surface area contributed by atoms with E-state index in [4.69, 9.17) is 14.9 Å². The van der Waals surface area contributed by atoms with E-state index >= 15 is 0 Å². The van der Waals surface area contributed by atoms with Gasteiger partial charge in [-0.1, -0.05) is 49.4 Å². The van der Waals surface area contributed by atoms with Crippen molar-refractivity contribution in [1.29, 1.82) is 0 Å². The first-order valence-corrected chi connectivity index (χ1v) is 11.5. The molecule has 1 heterocycles. The number of fused-ring (bicyclic) bond motifs is 1. The molecule has 3 aromatic carbocycles. The largest absolute Gasteiger partial charge is 0.488 e. The fourth-order valence-electron chi connectivity index (χ4n) is 4.10. The topological polar surface area (TPSA) is 77.5 Å². The van der Waals surface area contributed by atoms with E-state index in [0.717, 1.165) is 58.2 Å². The molecule has 3 N–H and O–H groups in total. The zero-order valence-corrected chi connectivity index (χ0v) is 18.8. The van der Waals surface area contributed by atoms with E-state index in [1.807, 2.05) is 42.5 Å². The van der Waals surface area contributed by atoms with Crippen molar-refractivity contribution in [1.82, 2.24) is 5.32 Å². The van der Waals surface area contributed by atoms with Crippen molar-refractivity contribution in [3.8, 4) is 16.9 Å². The van der Waals surface area contributed by atoms with Crippen molar-refractivity contribution >= 4 is 16.9 Å². The van der Waals surface area contributed by atoms with E-state index < -0.39 is 0 Å². The molecular formula is C28H28N2O3. The lowest BCUT2D eigenvalue weighted by atomic mass is 10.0. The minimum absolute atomic E-state index is 0.178. The number of ether oxygens (including phenoxy) is 1. The van der Waals surface area contributed by atoms with E-state index in [1.54, 1.807) is 0 Å². The Morgan fingerprint density at radius 2 is 1.88 bits per heavy atom. The van der Waals surface area contributed by atoms with E-state index in [-0.39, 0.29) is 18.6 Å². The Morgan fingerprint density at radius 1 is 1.06 bits per heavy atom. The van der Waals surface area contributed by atoms with Gasteiger partial charge in [0.15, 0.2) is 5.76 Å². The predicted molar refractivity (Wildman–Crippen MR) is 130 cm³/mol. The Balaban J connectivity index is 1.55. The van der Waals surface area contributed by atoms with Crippen LogP contribution in [0.3, 0.4) is 0 Å². The van der Waals surface area contributed by atoms with Crippen LogP contribution in [0.1, 0.15) is 47.0 Å². The van der Waals surface area contributed by atoms with Crippen LogP contribution in [0.4, 0.5) is 0 Å². The van der Waals surface area contributed by atoms with Crippen LogP contribution < -0.4 is 15.8 Å². The molecule has 4 aromatic rings. The fourth-order valence-corrected chi connectivity index (χ4v) is 4.10. The smallest absolute Gasteiger partial charge is 0.287 e. The number of aryl methyl sites for hydroxylation is 1. The molecule has 1 aliphatic rings. The number of nitrogens with one attached hydrogen (secondary N) is 1. The van der Waals surface area contributed by atoms with Crippen molar-refractivity contribution in [3.05, 3.63) is 89.2 Å². The minimum atomic E-state index is -0.178. The van der Waals surface area contributed by atoms with Gasteiger partial charge >= 0.3 is 0 Å². The van der Waals surface area contributed by atoms with Gasteiger partial charge in [0.05, 0.1) is 0 Å². The van der Waals surface area contributed by atoms with E-state index in [0.29, 0.717) is 17.9 Å². The molecule has 0 saturated heterocycles. The number of nitrogens with two attached hydrogens (primary N) is 1. The molecule has 1 fully saturated rings. The quantitative estimate of drug-likeness (QED) is 0.374. The summed E-state index contributed by atoms with van der Waals surface area (Å²) in [4.78, 5) is 13.0. The van der Waals surface area contributed by atoms with Crippen LogP contribution in [0.15, 0.2) is 71.1 Å². The molecule has 0 aliphatic heterocycles.